The first-order valence-electron chi connectivity index (χ1n) is 11.5. The largest absolute Gasteiger partial charge is 0.392 e. The van der Waals surface area contributed by atoms with Gasteiger partial charge in [-0.3, -0.25) is 4.79 Å². The summed E-state index contributed by atoms with van der Waals surface area (Å²) >= 11 is 0. The van der Waals surface area contributed by atoms with Crippen LogP contribution < -0.4 is 0 Å². The van der Waals surface area contributed by atoms with Crippen molar-refractivity contribution in [3.63, 3.8) is 0 Å². The molecule has 1 radical (unpaired) electrons. The molecule has 0 aliphatic heterocycles. The number of carbonyl (C=O) groups is 1. The van der Waals surface area contributed by atoms with E-state index in [1.165, 1.54) is 30.4 Å². The van der Waals surface area contributed by atoms with E-state index >= 15 is 0 Å². The molecule has 161 valence electrons. The normalized spacial score (nSPS) is 20.5. The van der Waals surface area contributed by atoms with E-state index in [9.17, 15) is 9.90 Å². The summed E-state index contributed by atoms with van der Waals surface area (Å²) in [5.74, 6) is 1.03. The molecule has 0 bridgehead atoms. The molecule has 1 fully saturated rings. The number of Topliss-reactive ketones (excluding diaryl/α,β-unsaturated/α-hetero) is 1. The van der Waals surface area contributed by atoms with Gasteiger partial charge >= 0.3 is 0 Å². The van der Waals surface area contributed by atoms with Crippen molar-refractivity contribution in [2.45, 2.75) is 109 Å². The van der Waals surface area contributed by atoms with Crippen molar-refractivity contribution in [3.8, 4) is 0 Å². The summed E-state index contributed by atoms with van der Waals surface area (Å²) in [7, 11) is 0. The van der Waals surface area contributed by atoms with Gasteiger partial charge in [-0.25, -0.2) is 0 Å². The summed E-state index contributed by atoms with van der Waals surface area (Å²) in [6.45, 7) is 10.4. The molecule has 0 aromatic heterocycles. The van der Waals surface area contributed by atoms with Crippen LogP contribution in [-0.2, 0) is 42.9 Å². The second kappa shape index (κ2) is 13.4. The molecular weight excluding hydrogens is 433 g/mol. The summed E-state index contributed by atoms with van der Waals surface area (Å²) in [5, 5.41) is 10.7. The summed E-state index contributed by atoms with van der Waals surface area (Å²) in [5.41, 5.74) is 2.25. The quantitative estimate of drug-likeness (QED) is 0.269. The summed E-state index contributed by atoms with van der Waals surface area (Å²) in [6.07, 6.45) is 11.2. The first-order chi connectivity index (χ1) is 13.4. The van der Waals surface area contributed by atoms with Gasteiger partial charge in [0.15, 0.2) is 0 Å². The van der Waals surface area contributed by atoms with Gasteiger partial charge in [-0.2, -0.15) is 6.42 Å². The Hall–Kier alpha value is -0.0461. The Morgan fingerprint density at radius 2 is 1.79 bits per heavy atom. The number of hydrogen-bond acceptors (Lipinski definition) is 2. The maximum atomic E-state index is 12.4. The van der Waals surface area contributed by atoms with Crippen molar-refractivity contribution < 1.29 is 42.6 Å². The fourth-order valence-electron chi connectivity index (χ4n) is 4.69. The molecule has 1 aliphatic rings. The van der Waals surface area contributed by atoms with Crippen molar-refractivity contribution >= 4 is 5.78 Å². The van der Waals surface area contributed by atoms with Gasteiger partial charge in [0, 0.05) is 50.5 Å². The van der Waals surface area contributed by atoms with Crippen LogP contribution in [0.1, 0.15) is 108 Å². The van der Waals surface area contributed by atoms with Crippen LogP contribution in [0.25, 0.3) is 0 Å². The minimum absolute atomic E-state index is 0. The van der Waals surface area contributed by atoms with E-state index in [0.29, 0.717) is 11.7 Å². The molecule has 3 heteroatoms. The third kappa shape index (κ3) is 7.55. The van der Waals surface area contributed by atoms with Gasteiger partial charge < -0.3 is 12.0 Å². The van der Waals surface area contributed by atoms with Gasteiger partial charge in [0.2, 0.25) is 0 Å². The van der Waals surface area contributed by atoms with E-state index < -0.39 is 0 Å². The van der Waals surface area contributed by atoms with Gasteiger partial charge in [-0.15, -0.1) is 0 Å². The minimum Gasteiger partial charge on any atom is -0.392 e. The van der Waals surface area contributed by atoms with E-state index in [0.717, 1.165) is 51.4 Å². The molecule has 2 rings (SSSR count). The molecule has 0 spiro atoms. The SMILES string of the molecule is [CH2-]CCCCCC1C(=O)CCC1c1ccc(C(C)(C)C(O)CCCCC)cc1.[Y]. The molecule has 3 atom stereocenters. The average molecular weight is 475 g/mol. The molecule has 29 heavy (non-hydrogen) atoms. The number of carbonyl (C=O) groups excluding carboxylic acids is 1. The minimum atomic E-state index is -0.321. The van der Waals surface area contributed by atoms with Crippen molar-refractivity contribution in [2.24, 2.45) is 5.92 Å². The Morgan fingerprint density at radius 1 is 1.10 bits per heavy atom. The second-order valence-electron chi connectivity index (χ2n) is 9.28. The van der Waals surface area contributed by atoms with Crippen molar-refractivity contribution in [1.29, 1.82) is 0 Å². The Kier molecular flexibility index (Phi) is 12.5. The fourth-order valence-corrected chi connectivity index (χ4v) is 4.69. The standard InChI is InChI=1S/C26H41O2.Y/c1-5-7-9-11-12-23-22(18-19-24(23)27)20-14-16-21(17-15-20)26(3,4)25(28)13-10-8-6-2;/h14-17,22-23,25,28H,1,5-13,18-19H2,2-4H3;/q-1;. The number of aliphatic hydroxyl groups excluding tert-OH is 1. The molecule has 1 aliphatic carbocycles. The smallest absolute Gasteiger partial charge is 0.136 e. The topological polar surface area (TPSA) is 37.3 Å². The van der Waals surface area contributed by atoms with E-state index in [1.54, 1.807) is 0 Å². The van der Waals surface area contributed by atoms with E-state index in [2.05, 4.69) is 52.0 Å². The van der Waals surface area contributed by atoms with Crippen LogP contribution in [0.4, 0.5) is 0 Å². The van der Waals surface area contributed by atoms with E-state index in [4.69, 9.17) is 0 Å². The Morgan fingerprint density at radius 3 is 2.41 bits per heavy atom. The van der Waals surface area contributed by atoms with E-state index in [1.807, 2.05) is 0 Å². The molecule has 1 aromatic rings. The summed E-state index contributed by atoms with van der Waals surface area (Å²) in [4.78, 5) is 12.4. The Labute approximate surface area is 204 Å². The predicted octanol–water partition coefficient (Wildman–Crippen LogP) is 6.75. The molecule has 3 unspecified atom stereocenters. The predicted molar refractivity (Wildman–Crippen MR) is 119 cm³/mol. The molecule has 0 amide bonds. The maximum Gasteiger partial charge on any atom is 0.136 e. The molecule has 1 saturated carbocycles. The van der Waals surface area contributed by atoms with E-state index in [-0.39, 0.29) is 50.1 Å². The third-order valence-corrected chi connectivity index (χ3v) is 6.86. The van der Waals surface area contributed by atoms with Crippen LogP contribution in [0, 0.1) is 12.8 Å². The molecule has 2 nitrogen and oxygen atoms in total. The maximum absolute atomic E-state index is 12.4. The number of hydrogen-bond donors (Lipinski definition) is 1. The van der Waals surface area contributed by atoms with Crippen LogP contribution in [0.3, 0.4) is 0 Å². The van der Waals surface area contributed by atoms with Gasteiger partial charge in [-0.05, 0) is 36.3 Å². The van der Waals surface area contributed by atoms with Crippen LogP contribution >= 0.6 is 0 Å². The van der Waals surface area contributed by atoms with Crippen molar-refractivity contribution in [2.75, 3.05) is 0 Å². The van der Waals surface area contributed by atoms with Gasteiger partial charge in [0.25, 0.3) is 0 Å². The monoisotopic (exact) mass is 474 g/mol. The van der Waals surface area contributed by atoms with Crippen molar-refractivity contribution in [1.82, 2.24) is 0 Å². The Balaban J connectivity index is 0.00000420. The van der Waals surface area contributed by atoms with Gasteiger partial charge in [0.05, 0.1) is 6.10 Å². The number of aliphatic hydroxyl groups is 1. The zero-order valence-electron chi connectivity index (χ0n) is 19.0. The van der Waals surface area contributed by atoms with Crippen LogP contribution in [0.15, 0.2) is 24.3 Å². The molecule has 1 aromatic carbocycles. The summed E-state index contributed by atoms with van der Waals surface area (Å²) < 4.78 is 0. The average Bonchev–Trinajstić information content (AvgIpc) is 3.06. The number of ketones is 1. The Bertz CT molecular complexity index is 593. The molecular formula is C26H41O2Y-. The fraction of sp³-hybridized carbons (Fsp3) is 0.692. The van der Waals surface area contributed by atoms with Crippen LogP contribution in [-0.4, -0.2) is 17.0 Å². The van der Waals surface area contributed by atoms with Crippen molar-refractivity contribution in [3.05, 3.63) is 42.3 Å². The van der Waals surface area contributed by atoms with Crippen LogP contribution in [0.2, 0.25) is 0 Å². The van der Waals surface area contributed by atoms with Gasteiger partial charge in [0.1, 0.15) is 5.78 Å². The summed E-state index contributed by atoms with van der Waals surface area (Å²) in [6, 6.07) is 8.78. The molecule has 0 heterocycles. The molecule has 0 saturated heterocycles. The first-order valence-corrected chi connectivity index (χ1v) is 11.5. The van der Waals surface area contributed by atoms with Gasteiger partial charge in [-0.1, -0.05) is 83.6 Å². The number of unbranched alkanes of at least 4 members (excludes halogenated alkanes) is 5. The molecule has 1 N–H and O–H groups in total. The van der Waals surface area contributed by atoms with Crippen LogP contribution in [0.5, 0.6) is 0 Å². The second-order valence-corrected chi connectivity index (χ2v) is 9.28. The zero-order valence-corrected chi connectivity index (χ0v) is 21.8. The number of rotatable bonds is 12. The third-order valence-electron chi connectivity index (χ3n) is 6.86. The zero-order chi connectivity index (χ0) is 20.6. The first kappa shape index (κ1) is 27.0. The number of benzene rings is 1.